The van der Waals surface area contributed by atoms with E-state index in [1.165, 1.54) is 67.1 Å². The highest BCUT2D eigenvalue weighted by atomic mass is 32.1. The van der Waals surface area contributed by atoms with E-state index in [1.807, 2.05) is 25.2 Å². The zero-order valence-electron chi connectivity index (χ0n) is 13.1. The van der Waals surface area contributed by atoms with Crippen molar-refractivity contribution in [2.24, 2.45) is 0 Å². The maximum atomic E-state index is 4.54. The van der Waals surface area contributed by atoms with Crippen molar-refractivity contribution in [3.8, 4) is 0 Å². The largest absolute Gasteiger partial charge is 0.367 e. The van der Waals surface area contributed by atoms with Crippen molar-refractivity contribution in [2.45, 2.75) is 71.3 Å². The maximum Gasteiger partial charge on any atom is 0.138 e. The van der Waals surface area contributed by atoms with Gasteiger partial charge in [0, 0.05) is 10.9 Å². The standard InChI is InChI=1S/C15H19N3S.C2H6/c1-2-5-10(6-3-1)18-14-13-11-7-4-8-12(11)19-15(13)17-9-16-14;1-2/h9-10H,1-8H2,(H,16,17,18);1-2H3. The number of aromatic nitrogens is 2. The zero-order chi connectivity index (χ0) is 14.7. The quantitative estimate of drug-likeness (QED) is 0.853. The highest BCUT2D eigenvalue weighted by Gasteiger charge is 2.22. The summed E-state index contributed by atoms with van der Waals surface area (Å²) in [5.41, 5.74) is 1.53. The molecule has 114 valence electrons. The molecule has 0 spiro atoms. The van der Waals surface area contributed by atoms with Crippen molar-refractivity contribution in [3.63, 3.8) is 0 Å². The van der Waals surface area contributed by atoms with Crippen LogP contribution in [-0.2, 0) is 12.8 Å². The van der Waals surface area contributed by atoms with Crippen molar-refractivity contribution < 1.29 is 0 Å². The van der Waals surface area contributed by atoms with Crippen LogP contribution < -0.4 is 5.32 Å². The topological polar surface area (TPSA) is 37.8 Å². The van der Waals surface area contributed by atoms with E-state index in [1.54, 1.807) is 11.2 Å². The molecule has 1 saturated carbocycles. The Balaban J connectivity index is 0.000000636. The number of fused-ring (bicyclic) bond motifs is 3. The molecule has 0 atom stereocenters. The van der Waals surface area contributed by atoms with Crippen molar-refractivity contribution >= 4 is 27.4 Å². The van der Waals surface area contributed by atoms with Gasteiger partial charge in [-0.1, -0.05) is 33.1 Å². The van der Waals surface area contributed by atoms with E-state index < -0.39 is 0 Å². The lowest BCUT2D eigenvalue weighted by Gasteiger charge is -2.23. The summed E-state index contributed by atoms with van der Waals surface area (Å²) in [6, 6.07) is 0.615. The lowest BCUT2D eigenvalue weighted by molar-refractivity contribution is 0.462. The first-order chi connectivity index (χ1) is 10.4. The van der Waals surface area contributed by atoms with E-state index in [9.17, 15) is 0 Å². The van der Waals surface area contributed by atoms with Crippen molar-refractivity contribution in [1.29, 1.82) is 0 Å². The maximum absolute atomic E-state index is 4.54. The Morgan fingerprint density at radius 3 is 2.67 bits per heavy atom. The van der Waals surface area contributed by atoms with Gasteiger partial charge < -0.3 is 5.32 Å². The average Bonchev–Trinajstić information content (AvgIpc) is 3.11. The van der Waals surface area contributed by atoms with Crippen molar-refractivity contribution in [3.05, 3.63) is 16.8 Å². The summed E-state index contributed by atoms with van der Waals surface area (Å²) in [5.74, 6) is 1.09. The SMILES string of the molecule is CC.c1nc(NC2CCCCC2)c2c3c(sc2n1)CCC3. The summed E-state index contributed by atoms with van der Waals surface area (Å²) in [5, 5.41) is 5.02. The van der Waals surface area contributed by atoms with Crippen LogP contribution in [0.2, 0.25) is 0 Å². The van der Waals surface area contributed by atoms with Crippen LogP contribution >= 0.6 is 11.3 Å². The molecule has 0 bridgehead atoms. The molecule has 2 aromatic rings. The van der Waals surface area contributed by atoms with Gasteiger partial charge in [-0.05, 0) is 37.7 Å². The molecule has 0 unspecified atom stereocenters. The molecular formula is C17H25N3S. The van der Waals surface area contributed by atoms with Crippen LogP contribution in [-0.4, -0.2) is 16.0 Å². The molecule has 0 radical (unpaired) electrons. The predicted octanol–water partition coefficient (Wildman–Crippen LogP) is 4.95. The van der Waals surface area contributed by atoms with Gasteiger partial charge in [0.15, 0.2) is 0 Å². The molecule has 0 aliphatic heterocycles. The Hall–Kier alpha value is -1.16. The molecule has 4 rings (SSSR count). The third-order valence-corrected chi connectivity index (χ3v) is 5.65. The van der Waals surface area contributed by atoms with Gasteiger partial charge in [-0.15, -0.1) is 11.3 Å². The van der Waals surface area contributed by atoms with Crippen LogP contribution in [0.15, 0.2) is 6.33 Å². The molecule has 0 saturated heterocycles. The van der Waals surface area contributed by atoms with Crippen LogP contribution in [0.5, 0.6) is 0 Å². The molecule has 2 aromatic heterocycles. The molecule has 2 aliphatic rings. The highest BCUT2D eigenvalue weighted by Crippen LogP contribution is 2.39. The van der Waals surface area contributed by atoms with E-state index in [4.69, 9.17) is 0 Å². The van der Waals surface area contributed by atoms with Gasteiger partial charge in [0.25, 0.3) is 0 Å². The molecular weight excluding hydrogens is 278 g/mol. The van der Waals surface area contributed by atoms with Crippen LogP contribution in [0.3, 0.4) is 0 Å². The Morgan fingerprint density at radius 2 is 1.86 bits per heavy atom. The fraction of sp³-hybridized carbons (Fsp3) is 0.647. The van der Waals surface area contributed by atoms with E-state index >= 15 is 0 Å². The van der Waals surface area contributed by atoms with E-state index in [-0.39, 0.29) is 0 Å². The first-order valence-corrected chi connectivity index (χ1v) is 9.25. The van der Waals surface area contributed by atoms with Gasteiger partial charge in [0.1, 0.15) is 17.0 Å². The number of thiophene rings is 1. The second-order valence-corrected chi connectivity index (χ2v) is 6.82. The Morgan fingerprint density at radius 1 is 1.05 bits per heavy atom. The van der Waals surface area contributed by atoms with Crippen LogP contribution in [0, 0.1) is 0 Å². The number of rotatable bonds is 2. The molecule has 2 aliphatic carbocycles. The summed E-state index contributed by atoms with van der Waals surface area (Å²) in [6.07, 6.45) is 12.2. The van der Waals surface area contributed by atoms with Gasteiger partial charge in [-0.2, -0.15) is 0 Å². The summed E-state index contributed by atoms with van der Waals surface area (Å²) < 4.78 is 0. The minimum atomic E-state index is 0.615. The number of nitrogens with one attached hydrogen (secondary N) is 1. The molecule has 0 aromatic carbocycles. The number of hydrogen-bond donors (Lipinski definition) is 1. The van der Waals surface area contributed by atoms with Gasteiger partial charge in [-0.3, -0.25) is 0 Å². The van der Waals surface area contributed by atoms with E-state index in [2.05, 4.69) is 15.3 Å². The number of aryl methyl sites for hydroxylation is 2. The van der Waals surface area contributed by atoms with E-state index in [0.29, 0.717) is 6.04 Å². The van der Waals surface area contributed by atoms with Gasteiger partial charge in [-0.25, -0.2) is 9.97 Å². The summed E-state index contributed by atoms with van der Waals surface area (Å²) in [4.78, 5) is 11.7. The van der Waals surface area contributed by atoms with Crippen molar-refractivity contribution in [1.82, 2.24) is 9.97 Å². The lowest BCUT2D eigenvalue weighted by Crippen LogP contribution is -2.23. The third-order valence-electron chi connectivity index (χ3n) is 4.45. The van der Waals surface area contributed by atoms with Crippen LogP contribution in [0.4, 0.5) is 5.82 Å². The number of nitrogens with zero attached hydrogens (tertiary/aromatic N) is 2. The van der Waals surface area contributed by atoms with Crippen molar-refractivity contribution in [2.75, 3.05) is 5.32 Å². The molecule has 3 nitrogen and oxygen atoms in total. The first kappa shape index (κ1) is 14.8. The van der Waals surface area contributed by atoms with Gasteiger partial charge >= 0.3 is 0 Å². The fourth-order valence-corrected chi connectivity index (χ4v) is 4.71. The third kappa shape index (κ3) is 2.91. The van der Waals surface area contributed by atoms with Gasteiger partial charge in [0.05, 0.1) is 5.39 Å². The first-order valence-electron chi connectivity index (χ1n) is 8.43. The summed E-state index contributed by atoms with van der Waals surface area (Å²) in [6.45, 7) is 4.00. The molecule has 4 heteroatoms. The summed E-state index contributed by atoms with van der Waals surface area (Å²) >= 11 is 1.87. The van der Waals surface area contributed by atoms with Crippen LogP contribution in [0.25, 0.3) is 10.2 Å². The second kappa shape index (κ2) is 6.73. The zero-order valence-corrected chi connectivity index (χ0v) is 13.9. The Labute approximate surface area is 131 Å². The van der Waals surface area contributed by atoms with Gasteiger partial charge in [0.2, 0.25) is 0 Å². The minimum absolute atomic E-state index is 0.615. The molecule has 2 heterocycles. The second-order valence-electron chi connectivity index (χ2n) is 5.74. The predicted molar refractivity (Wildman–Crippen MR) is 91.3 cm³/mol. The van der Waals surface area contributed by atoms with E-state index in [0.717, 1.165) is 5.82 Å². The number of anilines is 1. The minimum Gasteiger partial charge on any atom is -0.367 e. The summed E-state index contributed by atoms with van der Waals surface area (Å²) in [7, 11) is 0. The molecule has 21 heavy (non-hydrogen) atoms. The highest BCUT2D eigenvalue weighted by molar-refractivity contribution is 7.19. The monoisotopic (exact) mass is 303 g/mol. The molecule has 1 N–H and O–H groups in total. The molecule has 0 amide bonds. The Bertz CT molecular complexity index is 599. The number of hydrogen-bond acceptors (Lipinski definition) is 4. The smallest absolute Gasteiger partial charge is 0.138 e. The average molecular weight is 303 g/mol. The normalized spacial score (nSPS) is 18.2. The van der Waals surface area contributed by atoms with Crippen LogP contribution in [0.1, 0.15) is 62.8 Å². The Kier molecular flexibility index (Phi) is 4.73. The lowest BCUT2D eigenvalue weighted by atomic mass is 9.95. The fourth-order valence-electron chi connectivity index (χ4n) is 3.48. The molecule has 1 fully saturated rings.